The lowest BCUT2D eigenvalue weighted by Gasteiger charge is -2.37. The van der Waals surface area contributed by atoms with Gasteiger partial charge >= 0.3 is 0 Å². The lowest BCUT2D eigenvalue weighted by Crippen LogP contribution is -2.25. The van der Waals surface area contributed by atoms with E-state index in [0.29, 0.717) is 29.0 Å². The Hall–Kier alpha value is -1.97. The predicted octanol–water partition coefficient (Wildman–Crippen LogP) is 8.02. The lowest BCUT2D eigenvalue weighted by atomic mass is 9.69. The first-order chi connectivity index (χ1) is 14.9. The fourth-order valence-corrected chi connectivity index (χ4v) is 6.35. The molecule has 0 heterocycles. The van der Waals surface area contributed by atoms with E-state index in [1.54, 1.807) is 12.1 Å². The number of halogens is 3. The van der Waals surface area contributed by atoms with Gasteiger partial charge in [-0.3, -0.25) is 0 Å². The van der Waals surface area contributed by atoms with Crippen molar-refractivity contribution in [3.63, 3.8) is 0 Å². The molecule has 0 unspecified atom stereocenters. The monoisotopic (exact) mass is 428 g/mol. The van der Waals surface area contributed by atoms with Gasteiger partial charge in [-0.1, -0.05) is 44.7 Å². The second-order valence-electron chi connectivity index (χ2n) is 10.2. The van der Waals surface area contributed by atoms with Gasteiger partial charge < -0.3 is 5.11 Å². The van der Waals surface area contributed by atoms with Crippen molar-refractivity contribution in [3.05, 3.63) is 41.2 Å². The SMILES string of the molecule is CC1CCC(C2CCC(CCc3ccc4c(c3F)-c3c-4cc(O)c(F)c3F)CC2)CC1. The summed E-state index contributed by atoms with van der Waals surface area (Å²) in [5.41, 5.74) is 1.65. The summed E-state index contributed by atoms with van der Waals surface area (Å²) < 4.78 is 43.2. The van der Waals surface area contributed by atoms with E-state index in [1.807, 2.05) is 0 Å². The Morgan fingerprint density at radius 3 is 2.06 bits per heavy atom. The molecular weight excluding hydrogens is 397 g/mol. The summed E-state index contributed by atoms with van der Waals surface area (Å²) in [7, 11) is 0. The Morgan fingerprint density at radius 1 is 0.774 bits per heavy atom. The third kappa shape index (κ3) is 3.66. The van der Waals surface area contributed by atoms with Gasteiger partial charge in [-0.05, 0) is 85.0 Å². The number of aromatic hydroxyl groups is 1. The molecule has 0 aromatic heterocycles. The minimum absolute atomic E-state index is 0.0352. The predicted molar refractivity (Wildman–Crippen MR) is 117 cm³/mol. The summed E-state index contributed by atoms with van der Waals surface area (Å²) >= 11 is 0. The van der Waals surface area contributed by atoms with Gasteiger partial charge in [-0.25, -0.2) is 8.78 Å². The Balaban J connectivity index is 1.21. The summed E-state index contributed by atoms with van der Waals surface area (Å²) in [5.74, 6) is -0.313. The summed E-state index contributed by atoms with van der Waals surface area (Å²) in [6.45, 7) is 2.37. The van der Waals surface area contributed by atoms with E-state index in [2.05, 4.69) is 6.92 Å². The maximum Gasteiger partial charge on any atom is 0.201 e. The van der Waals surface area contributed by atoms with Gasteiger partial charge in [0.05, 0.1) is 0 Å². The van der Waals surface area contributed by atoms with Crippen LogP contribution in [0.15, 0.2) is 18.2 Å². The third-order valence-electron chi connectivity index (χ3n) is 8.39. The van der Waals surface area contributed by atoms with Gasteiger partial charge in [0, 0.05) is 11.1 Å². The maximum absolute atomic E-state index is 15.1. The molecule has 2 fully saturated rings. The molecule has 3 aliphatic rings. The number of phenols is 1. The molecule has 31 heavy (non-hydrogen) atoms. The van der Waals surface area contributed by atoms with Crippen molar-refractivity contribution < 1.29 is 18.3 Å². The molecule has 0 saturated heterocycles. The molecule has 0 spiro atoms. The molecule has 1 nitrogen and oxygen atoms in total. The highest BCUT2D eigenvalue weighted by molar-refractivity contribution is 6.03. The van der Waals surface area contributed by atoms with Crippen molar-refractivity contribution in [2.75, 3.05) is 0 Å². The molecule has 0 radical (unpaired) electrons. The summed E-state index contributed by atoms with van der Waals surface area (Å²) in [5, 5.41) is 9.52. The second-order valence-corrected chi connectivity index (χ2v) is 10.2. The summed E-state index contributed by atoms with van der Waals surface area (Å²) in [4.78, 5) is 0. The van der Waals surface area contributed by atoms with Crippen molar-refractivity contribution in [1.29, 1.82) is 0 Å². The minimum Gasteiger partial charge on any atom is -0.505 e. The van der Waals surface area contributed by atoms with Gasteiger partial charge in [0.1, 0.15) is 5.82 Å². The molecule has 0 amide bonds. The zero-order valence-corrected chi connectivity index (χ0v) is 18.2. The molecule has 1 N–H and O–H groups in total. The smallest absolute Gasteiger partial charge is 0.201 e. The van der Waals surface area contributed by atoms with Crippen LogP contribution >= 0.6 is 0 Å². The van der Waals surface area contributed by atoms with Crippen molar-refractivity contribution in [1.82, 2.24) is 0 Å². The van der Waals surface area contributed by atoms with Gasteiger partial charge in [0.25, 0.3) is 0 Å². The van der Waals surface area contributed by atoms with E-state index >= 15 is 4.39 Å². The molecule has 0 atom stereocenters. The number of hydrogen-bond acceptors (Lipinski definition) is 1. The Labute approximate surface area is 182 Å². The van der Waals surface area contributed by atoms with E-state index in [9.17, 15) is 13.9 Å². The second kappa shape index (κ2) is 8.18. The fraction of sp³-hybridized carbons (Fsp3) is 0.556. The zero-order chi connectivity index (χ0) is 21.7. The van der Waals surface area contributed by atoms with Crippen LogP contribution in [0.5, 0.6) is 5.75 Å². The van der Waals surface area contributed by atoms with Gasteiger partial charge in [0.15, 0.2) is 11.6 Å². The normalized spacial score (nSPS) is 27.4. The van der Waals surface area contributed by atoms with E-state index in [4.69, 9.17) is 0 Å². The highest BCUT2D eigenvalue weighted by atomic mass is 19.2. The molecule has 0 bridgehead atoms. The number of fused-ring (bicyclic) bond motifs is 4. The fourth-order valence-electron chi connectivity index (χ4n) is 6.35. The lowest BCUT2D eigenvalue weighted by molar-refractivity contribution is 0.147. The average Bonchev–Trinajstić information content (AvgIpc) is 2.77. The molecule has 2 aromatic carbocycles. The highest BCUT2D eigenvalue weighted by Crippen LogP contribution is 2.52. The van der Waals surface area contributed by atoms with Gasteiger partial charge in [0.2, 0.25) is 5.82 Å². The summed E-state index contributed by atoms with van der Waals surface area (Å²) in [6, 6.07) is 4.72. The van der Waals surface area contributed by atoms with Crippen LogP contribution < -0.4 is 0 Å². The topological polar surface area (TPSA) is 20.2 Å². The van der Waals surface area contributed by atoms with Crippen LogP contribution in [0, 0.1) is 41.1 Å². The van der Waals surface area contributed by atoms with Crippen LogP contribution in [0.25, 0.3) is 22.3 Å². The number of rotatable bonds is 4. The Bertz CT molecular complexity index is 983. The third-order valence-corrected chi connectivity index (χ3v) is 8.39. The maximum atomic E-state index is 15.1. The van der Waals surface area contributed by atoms with E-state index in [1.165, 1.54) is 57.4 Å². The molecule has 3 aliphatic carbocycles. The van der Waals surface area contributed by atoms with Gasteiger partial charge in [-0.15, -0.1) is 0 Å². The van der Waals surface area contributed by atoms with Gasteiger partial charge in [-0.2, -0.15) is 4.39 Å². The number of hydrogen-bond donors (Lipinski definition) is 1. The average molecular weight is 429 g/mol. The van der Waals surface area contributed by atoms with Crippen LogP contribution in [0.1, 0.15) is 70.3 Å². The van der Waals surface area contributed by atoms with Crippen LogP contribution in [0.3, 0.4) is 0 Å². The molecule has 166 valence electrons. The molecular formula is C27H31F3O. The molecule has 4 heteroatoms. The van der Waals surface area contributed by atoms with E-state index in [0.717, 1.165) is 24.2 Å². The highest BCUT2D eigenvalue weighted by Gasteiger charge is 2.34. The summed E-state index contributed by atoms with van der Waals surface area (Å²) in [6.07, 6.45) is 12.2. The number of aryl methyl sites for hydroxylation is 1. The van der Waals surface area contributed by atoms with E-state index < -0.39 is 23.2 Å². The number of benzene rings is 2. The standard InChI is InChI=1S/C27H31F3O/c1-15-2-7-17(8-3-15)18-9-4-16(5-10-18)6-11-19-12-13-20-21-14-22(31)26(29)27(30)24(21)23(20)25(19)28/h12-18,31H,2-11H2,1H3. The van der Waals surface area contributed by atoms with Crippen LogP contribution in [-0.4, -0.2) is 5.11 Å². The largest absolute Gasteiger partial charge is 0.505 e. The molecule has 2 saturated carbocycles. The quantitative estimate of drug-likeness (QED) is 0.446. The van der Waals surface area contributed by atoms with Crippen molar-refractivity contribution in [3.8, 4) is 28.0 Å². The number of phenolic OH excluding ortho intramolecular Hbond substituents is 1. The van der Waals surface area contributed by atoms with E-state index in [-0.39, 0.29) is 11.1 Å². The van der Waals surface area contributed by atoms with Crippen molar-refractivity contribution >= 4 is 0 Å². The first-order valence-electron chi connectivity index (χ1n) is 12.0. The Morgan fingerprint density at radius 2 is 1.39 bits per heavy atom. The minimum atomic E-state index is -1.31. The van der Waals surface area contributed by atoms with Crippen LogP contribution in [0.4, 0.5) is 13.2 Å². The van der Waals surface area contributed by atoms with Crippen molar-refractivity contribution in [2.45, 2.75) is 71.1 Å². The first kappa shape index (κ1) is 20.9. The molecule has 0 aliphatic heterocycles. The van der Waals surface area contributed by atoms with Crippen LogP contribution in [0.2, 0.25) is 0 Å². The first-order valence-corrected chi connectivity index (χ1v) is 12.0. The Kier molecular flexibility index (Phi) is 5.52. The van der Waals surface area contributed by atoms with Crippen molar-refractivity contribution in [2.24, 2.45) is 23.7 Å². The molecule has 5 rings (SSSR count). The van der Waals surface area contributed by atoms with Crippen LogP contribution in [-0.2, 0) is 6.42 Å². The molecule has 2 aromatic rings. The zero-order valence-electron chi connectivity index (χ0n) is 18.2.